The third-order valence-corrected chi connectivity index (χ3v) is 5.32. The van der Waals surface area contributed by atoms with Crippen LogP contribution in [-0.2, 0) is 11.3 Å². The molecule has 2 aromatic rings. The number of benzene rings is 1. The third-order valence-electron chi connectivity index (χ3n) is 5.32. The summed E-state index contributed by atoms with van der Waals surface area (Å²) in [6.45, 7) is 4.36. The van der Waals surface area contributed by atoms with Gasteiger partial charge >= 0.3 is 0 Å². The number of carbonyl (C=O) groups excluding carboxylic acids is 2. The molecule has 2 aliphatic rings. The lowest BCUT2D eigenvalue weighted by Crippen LogP contribution is -2.49. The van der Waals surface area contributed by atoms with Crippen LogP contribution in [0, 0.1) is 0 Å². The predicted octanol–water partition coefficient (Wildman–Crippen LogP) is 2.17. The van der Waals surface area contributed by atoms with Gasteiger partial charge < -0.3 is 14.7 Å². The maximum atomic E-state index is 12.5. The predicted molar refractivity (Wildman–Crippen MR) is 103 cm³/mol. The molecule has 2 aliphatic heterocycles. The van der Waals surface area contributed by atoms with E-state index < -0.39 is 0 Å². The van der Waals surface area contributed by atoms with Crippen LogP contribution in [0.15, 0.2) is 48.7 Å². The number of rotatable bonds is 5. The first-order valence-electron chi connectivity index (χ1n) is 9.53. The molecule has 0 unspecified atom stereocenters. The maximum Gasteiger partial charge on any atom is 0.254 e. The molecule has 0 atom stereocenters. The molecule has 0 bridgehead atoms. The van der Waals surface area contributed by atoms with E-state index in [1.54, 1.807) is 6.20 Å². The number of piperazine rings is 1. The lowest BCUT2D eigenvalue weighted by Gasteiger charge is -2.35. The first-order valence-corrected chi connectivity index (χ1v) is 9.53. The average molecular weight is 364 g/mol. The highest BCUT2D eigenvalue weighted by atomic mass is 16.2. The van der Waals surface area contributed by atoms with Gasteiger partial charge in [0.1, 0.15) is 5.82 Å². The number of hydrogen-bond donors (Lipinski definition) is 0. The SMILES string of the molecule is O=C(CCCN1Cc2ccccc2C1=O)N1CCN(c2ccccn2)CC1. The van der Waals surface area contributed by atoms with Gasteiger partial charge in [0.25, 0.3) is 5.91 Å². The molecular formula is C21H24N4O2. The number of aromatic nitrogens is 1. The van der Waals surface area contributed by atoms with Crippen LogP contribution in [0.5, 0.6) is 0 Å². The van der Waals surface area contributed by atoms with Crippen molar-refractivity contribution >= 4 is 17.6 Å². The van der Waals surface area contributed by atoms with Gasteiger partial charge in [0.2, 0.25) is 5.91 Å². The number of anilines is 1. The summed E-state index contributed by atoms with van der Waals surface area (Å²) in [6.07, 6.45) is 2.99. The van der Waals surface area contributed by atoms with E-state index in [0.717, 1.165) is 43.1 Å². The Balaban J connectivity index is 1.21. The van der Waals surface area contributed by atoms with E-state index in [9.17, 15) is 9.59 Å². The quantitative estimate of drug-likeness (QED) is 0.816. The van der Waals surface area contributed by atoms with E-state index in [2.05, 4.69) is 9.88 Å². The zero-order valence-electron chi connectivity index (χ0n) is 15.4. The Kier molecular flexibility index (Phi) is 5.05. The van der Waals surface area contributed by atoms with Crippen molar-refractivity contribution < 1.29 is 9.59 Å². The van der Waals surface area contributed by atoms with Crippen LogP contribution in [0.3, 0.4) is 0 Å². The van der Waals surface area contributed by atoms with E-state index in [1.165, 1.54) is 0 Å². The first kappa shape index (κ1) is 17.5. The number of pyridine rings is 1. The Morgan fingerprint density at radius 1 is 1.00 bits per heavy atom. The molecule has 2 amide bonds. The molecule has 3 heterocycles. The molecule has 1 saturated heterocycles. The summed E-state index contributed by atoms with van der Waals surface area (Å²) < 4.78 is 0. The highest BCUT2D eigenvalue weighted by Gasteiger charge is 2.27. The minimum absolute atomic E-state index is 0.0852. The van der Waals surface area contributed by atoms with E-state index in [4.69, 9.17) is 0 Å². The monoisotopic (exact) mass is 364 g/mol. The summed E-state index contributed by atoms with van der Waals surface area (Å²) in [4.78, 5) is 35.2. The van der Waals surface area contributed by atoms with E-state index >= 15 is 0 Å². The van der Waals surface area contributed by atoms with Crippen LogP contribution in [-0.4, -0.2) is 59.3 Å². The normalized spacial score (nSPS) is 16.6. The fourth-order valence-electron chi connectivity index (χ4n) is 3.80. The molecule has 0 radical (unpaired) electrons. The molecule has 0 N–H and O–H groups in total. The molecule has 0 aliphatic carbocycles. The van der Waals surface area contributed by atoms with Crippen LogP contribution in [0.4, 0.5) is 5.82 Å². The van der Waals surface area contributed by atoms with Crippen LogP contribution in [0.25, 0.3) is 0 Å². The zero-order valence-corrected chi connectivity index (χ0v) is 15.4. The summed E-state index contributed by atoms with van der Waals surface area (Å²) in [5, 5.41) is 0. The molecule has 1 aromatic heterocycles. The Hall–Kier alpha value is -2.89. The summed E-state index contributed by atoms with van der Waals surface area (Å²) in [7, 11) is 0. The van der Waals surface area contributed by atoms with Gasteiger partial charge in [-0.2, -0.15) is 0 Å². The van der Waals surface area contributed by atoms with Crippen molar-refractivity contribution in [2.45, 2.75) is 19.4 Å². The number of fused-ring (bicyclic) bond motifs is 1. The highest BCUT2D eigenvalue weighted by Crippen LogP contribution is 2.22. The summed E-state index contributed by atoms with van der Waals surface area (Å²) >= 11 is 0. The van der Waals surface area contributed by atoms with E-state index in [-0.39, 0.29) is 11.8 Å². The van der Waals surface area contributed by atoms with Crippen molar-refractivity contribution in [3.8, 4) is 0 Å². The van der Waals surface area contributed by atoms with Gasteiger partial charge in [0.05, 0.1) is 0 Å². The summed E-state index contributed by atoms with van der Waals surface area (Å²) in [6, 6.07) is 13.6. The van der Waals surface area contributed by atoms with Gasteiger partial charge in [-0.25, -0.2) is 4.98 Å². The van der Waals surface area contributed by atoms with Crippen molar-refractivity contribution in [2.24, 2.45) is 0 Å². The fourth-order valence-corrected chi connectivity index (χ4v) is 3.80. The molecule has 0 saturated carbocycles. The minimum atomic E-state index is 0.0852. The lowest BCUT2D eigenvalue weighted by atomic mass is 10.1. The standard InChI is InChI=1S/C21H24N4O2/c26-20(24-14-12-23(13-15-24)19-8-3-4-10-22-19)9-5-11-25-16-17-6-1-2-7-18(17)21(25)27/h1-4,6-8,10H,5,9,11-16H2. The second-order valence-corrected chi connectivity index (χ2v) is 7.04. The average Bonchev–Trinajstić information content (AvgIpc) is 3.05. The molecule has 140 valence electrons. The highest BCUT2D eigenvalue weighted by molar-refractivity contribution is 5.98. The van der Waals surface area contributed by atoms with Gasteiger partial charge in [0.15, 0.2) is 0 Å². The topological polar surface area (TPSA) is 56.8 Å². The van der Waals surface area contributed by atoms with Gasteiger partial charge in [-0.15, -0.1) is 0 Å². The number of amides is 2. The second kappa shape index (κ2) is 7.78. The summed E-state index contributed by atoms with van der Waals surface area (Å²) in [5.74, 6) is 1.23. The molecule has 6 nitrogen and oxygen atoms in total. The van der Waals surface area contributed by atoms with Crippen molar-refractivity contribution in [3.05, 3.63) is 59.8 Å². The van der Waals surface area contributed by atoms with Gasteiger partial charge in [0, 0.05) is 57.4 Å². The smallest absolute Gasteiger partial charge is 0.254 e. The fraction of sp³-hybridized carbons (Fsp3) is 0.381. The molecule has 1 fully saturated rings. The molecule has 27 heavy (non-hydrogen) atoms. The van der Waals surface area contributed by atoms with Crippen LogP contribution in [0.1, 0.15) is 28.8 Å². The van der Waals surface area contributed by atoms with Crippen molar-refractivity contribution in [3.63, 3.8) is 0 Å². The largest absolute Gasteiger partial charge is 0.353 e. The maximum absolute atomic E-state index is 12.5. The van der Waals surface area contributed by atoms with E-state index in [1.807, 2.05) is 52.3 Å². The number of nitrogens with zero attached hydrogens (tertiary/aromatic N) is 4. The van der Waals surface area contributed by atoms with E-state index in [0.29, 0.717) is 25.9 Å². The van der Waals surface area contributed by atoms with Crippen LogP contribution < -0.4 is 4.90 Å². The minimum Gasteiger partial charge on any atom is -0.353 e. The van der Waals surface area contributed by atoms with Crippen LogP contribution >= 0.6 is 0 Å². The Morgan fingerprint density at radius 2 is 1.78 bits per heavy atom. The van der Waals surface area contributed by atoms with Crippen molar-refractivity contribution in [2.75, 3.05) is 37.6 Å². The van der Waals surface area contributed by atoms with Gasteiger partial charge in [-0.3, -0.25) is 9.59 Å². The summed E-state index contributed by atoms with van der Waals surface area (Å²) in [5.41, 5.74) is 1.88. The lowest BCUT2D eigenvalue weighted by molar-refractivity contribution is -0.131. The number of carbonyl (C=O) groups is 2. The van der Waals surface area contributed by atoms with Gasteiger partial charge in [-0.1, -0.05) is 24.3 Å². The third kappa shape index (κ3) is 3.79. The Labute approximate surface area is 159 Å². The molecular weight excluding hydrogens is 340 g/mol. The number of hydrogen-bond acceptors (Lipinski definition) is 4. The first-order chi connectivity index (χ1) is 13.2. The molecule has 4 rings (SSSR count). The Morgan fingerprint density at radius 3 is 2.52 bits per heavy atom. The zero-order chi connectivity index (χ0) is 18.6. The molecule has 6 heteroatoms. The van der Waals surface area contributed by atoms with Crippen molar-refractivity contribution in [1.29, 1.82) is 0 Å². The Bertz CT molecular complexity index is 816. The van der Waals surface area contributed by atoms with Crippen LogP contribution in [0.2, 0.25) is 0 Å². The second-order valence-electron chi connectivity index (χ2n) is 7.04. The molecule has 1 aromatic carbocycles. The van der Waals surface area contributed by atoms with Crippen molar-refractivity contribution in [1.82, 2.24) is 14.8 Å². The van der Waals surface area contributed by atoms with Gasteiger partial charge in [-0.05, 0) is 30.2 Å². The molecule has 0 spiro atoms.